The van der Waals surface area contributed by atoms with Crippen molar-refractivity contribution in [1.29, 1.82) is 0 Å². The Morgan fingerprint density at radius 3 is 2.64 bits per heavy atom. The number of rotatable bonds is 8. The van der Waals surface area contributed by atoms with E-state index >= 15 is 0 Å². The molecule has 2 aromatic rings. The summed E-state index contributed by atoms with van der Waals surface area (Å²) in [5.74, 6) is 1.41. The first kappa shape index (κ1) is 26.9. The lowest BCUT2D eigenvalue weighted by molar-refractivity contribution is -0.122. The van der Waals surface area contributed by atoms with E-state index in [0.717, 1.165) is 56.2 Å². The van der Waals surface area contributed by atoms with E-state index in [-0.39, 0.29) is 35.8 Å². The molecule has 1 aliphatic heterocycles. The Bertz CT molecular complexity index is 917. The van der Waals surface area contributed by atoms with Crippen LogP contribution in [0.4, 0.5) is 5.82 Å². The van der Waals surface area contributed by atoms with Crippen molar-refractivity contribution < 1.29 is 4.79 Å². The van der Waals surface area contributed by atoms with E-state index in [1.54, 1.807) is 6.20 Å². The van der Waals surface area contributed by atoms with Crippen molar-refractivity contribution in [1.82, 2.24) is 15.2 Å². The van der Waals surface area contributed by atoms with E-state index in [2.05, 4.69) is 71.3 Å². The number of nitrogens with one attached hydrogen (secondary N) is 1. The number of guanidine groups is 1. The van der Waals surface area contributed by atoms with Gasteiger partial charge >= 0.3 is 0 Å². The van der Waals surface area contributed by atoms with Crippen LogP contribution in [0.15, 0.2) is 47.6 Å². The molecule has 3 rings (SSSR count). The van der Waals surface area contributed by atoms with Crippen LogP contribution < -0.4 is 16.0 Å². The maximum absolute atomic E-state index is 11.7. The molecule has 0 saturated carbocycles. The number of primary amides is 1. The number of nitrogens with zero attached hydrogens (tertiary/aromatic N) is 4. The van der Waals surface area contributed by atoms with Crippen LogP contribution >= 0.6 is 24.0 Å². The average Bonchev–Trinajstić information content (AvgIpc) is 2.82. The SMILES string of the molecule is CCNC(=NCc1cccnc1N1CCCC(C(N)=O)C1)N(C)Cc1ccc(CC)cc1.I. The monoisotopic (exact) mass is 564 g/mol. The van der Waals surface area contributed by atoms with Crippen LogP contribution in [0.5, 0.6) is 0 Å². The molecule has 8 heteroatoms. The largest absolute Gasteiger partial charge is 0.369 e. The minimum absolute atomic E-state index is 0. The quantitative estimate of drug-likeness (QED) is 0.291. The Morgan fingerprint density at radius 1 is 1.24 bits per heavy atom. The number of amides is 1. The van der Waals surface area contributed by atoms with Crippen LogP contribution in [0, 0.1) is 5.92 Å². The molecule has 1 atom stereocenters. The predicted octanol–water partition coefficient (Wildman–Crippen LogP) is 3.56. The number of halogens is 1. The number of aromatic nitrogens is 1. The molecule has 1 saturated heterocycles. The maximum Gasteiger partial charge on any atom is 0.222 e. The zero-order chi connectivity index (χ0) is 22.9. The van der Waals surface area contributed by atoms with Crippen molar-refractivity contribution in [3.8, 4) is 0 Å². The summed E-state index contributed by atoms with van der Waals surface area (Å²) < 4.78 is 0. The Kier molecular flexibility index (Phi) is 10.9. The van der Waals surface area contributed by atoms with Gasteiger partial charge in [-0.3, -0.25) is 4.79 Å². The van der Waals surface area contributed by atoms with Crippen LogP contribution in [0.1, 0.15) is 43.4 Å². The zero-order valence-electron chi connectivity index (χ0n) is 20.0. The number of pyridine rings is 1. The van der Waals surface area contributed by atoms with E-state index < -0.39 is 0 Å². The lowest BCUT2D eigenvalue weighted by Crippen LogP contribution is -2.42. The number of anilines is 1. The fourth-order valence-electron chi connectivity index (χ4n) is 4.10. The summed E-state index contributed by atoms with van der Waals surface area (Å²) >= 11 is 0. The number of hydrogen-bond acceptors (Lipinski definition) is 4. The number of carbonyl (C=O) groups excluding carboxylic acids is 1. The fourth-order valence-corrected chi connectivity index (χ4v) is 4.10. The number of aliphatic imine (C=N–C) groups is 1. The molecule has 33 heavy (non-hydrogen) atoms. The van der Waals surface area contributed by atoms with E-state index in [0.29, 0.717) is 13.1 Å². The third kappa shape index (κ3) is 7.58. The Balaban J connectivity index is 0.00000385. The zero-order valence-corrected chi connectivity index (χ0v) is 22.3. The molecular weight excluding hydrogens is 527 g/mol. The first-order valence-electron chi connectivity index (χ1n) is 11.6. The van der Waals surface area contributed by atoms with E-state index in [1.807, 2.05) is 6.07 Å². The molecule has 2 heterocycles. The highest BCUT2D eigenvalue weighted by molar-refractivity contribution is 14.0. The molecule has 1 unspecified atom stereocenters. The number of piperidine rings is 1. The molecule has 7 nitrogen and oxygen atoms in total. The van der Waals surface area contributed by atoms with Crippen molar-refractivity contribution in [3.63, 3.8) is 0 Å². The highest BCUT2D eigenvalue weighted by Gasteiger charge is 2.26. The maximum atomic E-state index is 11.7. The van der Waals surface area contributed by atoms with Crippen molar-refractivity contribution in [2.24, 2.45) is 16.6 Å². The van der Waals surface area contributed by atoms with Gasteiger partial charge in [0, 0.05) is 45.0 Å². The van der Waals surface area contributed by atoms with E-state index in [1.165, 1.54) is 11.1 Å². The highest BCUT2D eigenvalue weighted by Crippen LogP contribution is 2.25. The van der Waals surface area contributed by atoms with Crippen molar-refractivity contribution in [3.05, 3.63) is 59.3 Å². The molecule has 1 aliphatic rings. The number of hydrogen-bond donors (Lipinski definition) is 2. The summed E-state index contributed by atoms with van der Waals surface area (Å²) in [6.45, 7) is 7.84. The van der Waals surface area contributed by atoms with Crippen LogP contribution in [-0.2, 0) is 24.3 Å². The number of aryl methyl sites for hydroxylation is 1. The molecule has 1 fully saturated rings. The minimum Gasteiger partial charge on any atom is -0.369 e. The Hall–Kier alpha value is -2.36. The molecule has 0 spiro atoms. The molecule has 180 valence electrons. The molecule has 1 aromatic heterocycles. The normalized spacial score (nSPS) is 16.2. The number of nitrogens with two attached hydrogens (primary N) is 1. The summed E-state index contributed by atoms with van der Waals surface area (Å²) in [6.07, 6.45) is 4.63. The third-order valence-corrected chi connectivity index (χ3v) is 5.94. The highest BCUT2D eigenvalue weighted by atomic mass is 127. The summed E-state index contributed by atoms with van der Waals surface area (Å²) in [5.41, 5.74) is 9.22. The van der Waals surface area contributed by atoms with Gasteiger partial charge in [0.1, 0.15) is 5.82 Å². The van der Waals surface area contributed by atoms with Crippen LogP contribution in [-0.4, -0.2) is 48.4 Å². The minimum atomic E-state index is -0.228. The topological polar surface area (TPSA) is 86.9 Å². The third-order valence-electron chi connectivity index (χ3n) is 5.94. The van der Waals surface area contributed by atoms with Gasteiger partial charge < -0.3 is 20.9 Å². The van der Waals surface area contributed by atoms with Crippen LogP contribution in [0.2, 0.25) is 0 Å². The van der Waals surface area contributed by atoms with Crippen molar-refractivity contribution >= 4 is 41.7 Å². The molecular formula is C25H37IN6O. The van der Waals surface area contributed by atoms with Crippen molar-refractivity contribution in [2.45, 2.75) is 46.2 Å². The first-order valence-corrected chi connectivity index (χ1v) is 11.6. The summed E-state index contributed by atoms with van der Waals surface area (Å²) in [5, 5.41) is 3.40. The summed E-state index contributed by atoms with van der Waals surface area (Å²) in [4.78, 5) is 25.5. The Labute approximate surface area is 214 Å². The Morgan fingerprint density at radius 2 is 1.97 bits per heavy atom. The van der Waals surface area contributed by atoms with Crippen LogP contribution in [0.3, 0.4) is 0 Å². The van der Waals surface area contributed by atoms with Gasteiger partial charge in [0.15, 0.2) is 5.96 Å². The van der Waals surface area contributed by atoms with E-state index in [4.69, 9.17) is 10.7 Å². The van der Waals surface area contributed by atoms with Crippen LogP contribution in [0.25, 0.3) is 0 Å². The van der Waals surface area contributed by atoms with Gasteiger partial charge in [-0.25, -0.2) is 9.98 Å². The standard InChI is InChI=1S/C25H36N6O.HI/c1-4-19-10-12-20(13-11-19)17-30(3)25(27-5-2)29-16-21-8-6-14-28-24(21)31-15-7-9-22(18-31)23(26)32;/h6,8,10-14,22H,4-5,7,9,15-18H2,1-3H3,(H2,26,32)(H,27,29);1H. The van der Waals surface area contributed by atoms with Gasteiger partial charge in [0.05, 0.1) is 12.5 Å². The second kappa shape index (κ2) is 13.4. The fraction of sp³-hybridized carbons (Fsp3) is 0.480. The molecule has 0 aliphatic carbocycles. The molecule has 0 radical (unpaired) electrons. The van der Waals surface area contributed by atoms with Gasteiger partial charge in [-0.15, -0.1) is 24.0 Å². The van der Waals surface area contributed by atoms with Gasteiger partial charge in [-0.05, 0) is 43.4 Å². The molecule has 1 aromatic carbocycles. The molecule has 1 amide bonds. The number of carbonyl (C=O) groups is 1. The van der Waals surface area contributed by atoms with E-state index in [9.17, 15) is 4.79 Å². The van der Waals surface area contributed by atoms with Gasteiger partial charge in [-0.2, -0.15) is 0 Å². The van der Waals surface area contributed by atoms with Crippen molar-refractivity contribution in [2.75, 3.05) is 31.6 Å². The summed E-state index contributed by atoms with van der Waals surface area (Å²) in [7, 11) is 2.06. The molecule has 0 bridgehead atoms. The van der Waals surface area contributed by atoms with Gasteiger partial charge in [0.25, 0.3) is 0 Å². The van der Waals surface area contributed by atoms with Gasteiger partial charge in [-0.1, -0.05) is 37.3 Å². The smallest absolute Gasteiger partial charge is 0.222 e. The predicted molar refractivity (Wildman–Crippen MR) is 146 cm³/mol. The number of benzene rings is 1. The van der Waals surface area contributed by atoms with Gasteiger partial charge in [0.2, 0.25) is 5.91 Å². The lowest BCUT2D eigenvalue weighted by Gasteiger charge is -2.33. The average molecular weight is 565 g/mol. The molecule has 3 N–H and O–H groups in total. The second-order valence-corrected chi connectivity index (χ2v) is 8.37. The summed E-state index contributed by atoms with van der Waals surface area (Å²) in [6, 6.07) is 12.7. The lowest BCUT2D eigenvalue weighted by atomic mass is 9.97. The second-order valence-electron chi connectivity index (χ2n) is 8.37. The first-order chi connectivity index (χ1) is 15.5.